The predicted molar refractivity (Wildman–Crippen MR) is 440 cm³/mol. The van der Waals surface area contributed by atoms with Crippen LogP contribution in [0.1, 0.15) is 41.0 Å². The minimum absolute atomic E-state index is 0.849. The Hall–Kier alpha value is -5.26. The van der Waals surface area contributed by atoms with Crippen LogP contribution in [0.5, 0.6) is 0 Å². The summed E-state index contributed by atoms with van der Waals surface area (Å²) in [6.45, 7) is -10.2. The summed E-state index contributed by atoms with van der Waals surface area (Å²) >= 11 is 0. The standard InChI is InChI=1S/C79H133N5O59/c1-19(96)80-24(7-85)41(104)59(27(103)9-87)134-69-38(82-21(3)98)49(112)61(33(15-93)130-69)136-74-57(120)65(139-77-68(54(117)45(108)30(12-90)129-77)141-71-40(84-23(5)100)51(114)60(34(16-94)132-71)135-73-56(119)64(46(109)31(13-91)126-73)138-72-55(118)52(115)43(106)28(10-88)125-72)48(111)36(133-74)18-124-76-67(53(116)44(107)29(11-89)128-76)140-70-39(83-22(4)99)50(113)62(35(17-95)131-70)137-75-58(121)66(47(110)32(14-92)127-75)143-79(78(122)123)6-25(101)37(81-20(2)97)63(142-79)42(105)26(102)8-86/h24-77,85-95,101-121H,6-18H2,1-5H3,(H,80,96)(H,81,97)(H,82,98)(H,83,99)(H,84,100)(H,122,123)/t24-,25-,26+,27+,28+,29+,30+,31+,32+,33+,34+,35+,36+,37+,38+,39+,40+,41+,42+,43-,44+,45+,46-,47-,48+,49+,50+,51+,52-,53-,54-,55+,56+,57-,58+,59+,60+,61+,62+,63+,64-,65-,66-,67-,68-,69-,70-,71-,72+,73-,74-,75-,76-,77+,79-/m0/s1. The van der Waals surface area contributed by atoms with E-state index in [9.17, 15) is 197 Å². The molecule has 0 aromatic carbocycles. The molecule has 143 heavy (non-hydrogen) atoms. The van der Waals surface area contributed by atoms with Crippen molar-refractivity contribution in [3.05, 3.63) is 0 Å². The summed E-state index contributed by atoms with van der Waals surface area (Å²) in [5, 5.41) is 382. The van der Waals surface area contributed by atoms with Crippen LogP contribution < -0.4 is 26.6 Å². The average molecular weight is 2100 g/mol. The summed E-state index contributed by atoms with van der Waals surface area (Å²) in [6, 6.07) is -9.81. The van der Waals surface area contributed by atoms with E-state index in [1.807, 2.05) is 0 Å². The van der Waals surface area contributed by atoms with E-state index in [-0.39, 0.29) is 0 Å². The summed E-state index contributed by atoms with van der Waals surface area (Å²) < 4.78 is 119. The quantitative estimate of drug-likeness (QED) is 0.0270. The van der Waals surface area contributed by atoms with E-state index in [0.29, 0.717) is 0 Å². The minimum Gasteiger partial charge on any atom is -0.477 e. The fraction of sp³-hybridized carbons (Fsp3) is 0.924. The molecule has 10 rings (SSSR count). The lowest BCUT2D eigenvalue weighted by atomic mass is 9.88. The predicted octanol–water partition coefficient (Wildman–Crippen LogP) is -25.4. The maximum absolute atomic E-state index is 13.3. The molecule has 0 aromatic heterocycles. The van der Waals surface area contributed by atoms with Gasteiger partial charge in [0.05, 0.1) is 97.5 Å². The molecule has 828 valence electrons. The van der Waals surface area contributed by atoms with Gasteiger partial charge in [-0.25, -0.2) is 4.79 Å². The fourth-order valence-corrected chi connectivity index (χ4v) is 18.1. The molecule has 0 saturated carbocycles. The SMILES string of the molecule is CC(=O)N[C@H]1[C@H](O[C@@H]([C@H](O)[C@H](CO)NC(C)=O)[C@H](O)CO)O[C@H](CO)[C@@H](O[C@@H]2O[C@H](CO[C@H]3O[C@H](CO)[C@@H](O)[C@H](O)[C@@H]3O[C@@H]3O[C@H](CO)[C@@H](O[C@@H]4O[C@H](CO)[C@H](O)[C@H](O[C@]5(C(=O)O)C[C@H](O)[C@@H](NC(C)=O)[C@H]([C@H](O)[C@H](O)CO)O5)[C@H]4O)[C@H](O)[C@H]3NC(C)=O)[C@@H](O)[C@H](O[C@H]3O[C@H](CO)[C@@H](O)[C@H](O)[C@@H]3O[C@@H]3O[C@H](CO)[C@@H](O[C@@H]4O[C@H](CO)[C@H](O)[C@H](O[C@H]5O[C@H](CO)[C@H](O)[C@H](O)[C@H]5O)[C@H]4O)[C@H](O)[C@H]3NC(C)=O)[C@@H]2O)[C@@H]1O. The summed E-state index contributed by atoms with van der Waals surface area (Å²) in [6.07, 6.45) is -112. The van der Waals surface area contributed by atoms with Crippen LogP contribution in [0, 0.1) is 0 Å². The molecule has 38 N–H and O–H groups in total. The Bertz CT molecular complexity index is 3970. The normalized spacial score (nSPS) is 45.5. The van der Waals surface area contributed by atoms with Gasteiger partial charge in [-0.2, -0.15) is 0 Å². The average Bonchev–Trinajstić information content (AvgIpc) is 0.750. The molecule has 0 spiro atoms. The van der Waals surface area contributed by atoms with Crippen LogP contribution >= 0.6 is 0 Å². The molecule has 10 fully saturated rings. The van der Waals surface area contributed by atoms with Gasteiger partial charge in [0.1, 0.15) is 256 Å². The second-order valence-electron chi connectivity index (χ2n) is 35.7. The third-order valence-electron chi connectivity index (χ3n) is 25.6. The molecule has 64 nitrogen and oxygen atoms in total. The highest BCUT2D eigenvalue weighted by Gasteiger charge is 2.65. The van der Waals surface area contributed by atoms with Crippen molar-refractivity contribution >= 4 is 35.5 Å². The first-order valence-corrected chi connectivity index (χ1v) is 45.2. The number of nitrogens with one attached hydrogen (secondary N) is 5. The lowest BCUT2D eigenvalue weighted by Crippen LogP contribution is -2.71. The summed E-state index contributed by atoms with van der Waals surface area (Å²) in [5.74, 6) is -10.5. The lowest BCUT2D eigenvalue weighted by Gasteiger charge is -2.51. The van der Waals surface area contributed by atoms with Gasteiger partial charge in [-0.1, -0.05) is 0 Å². The Morgan fingerprint density at radius 2 is 0.636 bits per heavy atom. The largest absolute Gasteiger partial charge is 0.477 e. The lowest BCUT2D eigenvalue weighted by molar-refractivity contribution is -0.400. The number of aliphatic carboxylic acids is 1. The number of carboxylic acid groups (broad SMARTS) is 1. The summed E-state index contributed by atoms with van der Waals surface area (Å²) in [5.41, 5.74) is 0. The van der Waals surface area contributed by atoms with Crippen LogP contribution in [0.3, 0.4) is 0 Å². The van der Waals surface area contributed by atoms with Gasteiger partial charge in [0.25, 0.3) is 5.79 Å². The van der Waals surface area contributed by atoms with Crippen molar-refractivity contribution in [2.24, 2.45) is 0 Å². The van der Waals surface area contributed by atoms with E-state index in [1.165, 1.54) is 0 Å². The number of hydrogen-bond donors (Lipinski definition) is 38. The molecule has 5 amide bonds. The molecular formula is C79H133N5O59. The van der Waals surface area contributed by atoms with E-state index in [4.69, 9.17) is 94.7 Å². The molecule has 10 aliphatic rings. The monoisotopic (exact) mass is 2100 g/mol. The highest BCUT2D eigenvalue weighted by molar-refractivity contribution is 5.77. The van der Waals surface area contributed by atoms with E-state index < -0.39 is 458 Å². The second kappa shape index (κ2) is 52.7. The summed E-state index contributed by atoms with van der Waals surface area (Å²) in [7, 11) is 0. The van der Waals surface area contributed by atoms with Gasteiger partial charge in [-0.3, -0.25) is 24.0 Å². The Labute approximate surface area is 808 Å². The minimum atomic E-state index is -3.34. The maximum atomic E-state index is 13.3. The van der Waals surface area contributed by atoms with Gasteiger partial charge in [0.15, 0.2) is 56.6 Å². The number of hydrogen-bond acceptors (Lipinski definition) is 58. The molecule has 0 unspecified atom stereocenters. The van der Waals surface area contributed by atoms with Gasteiger partial charge >= 0.3 is 5.97 Å². The van der Waals surface area contributed by atoms with Gasteiger partial charge in [-0.05, 0) is 0 Å². The molecule has 0 bridgehead atoms. The maximum Gasteiger partial charge on any atom is 0.364 e. The molecule has 10 saturated heterocycles. The molecule has 0 aromatic rings. The zero-order chi connectivity index (χ0) is 106. The van der Waals surface area contributed by atoms with Crippen LogP contribution in [0.2, 0.25) is 0 Å². The number of carboxylic acids is 1. The zero-order valence-electron chi connectivity index (χ0n) is 76.7. The number of amides is 5. The smallest absolute Gasteiger partial charge is 0.364 e. The van der Waals surface area contributed by atoms with Crippen molar-refractivity contribution in [2.45, 2.75) is 378 Å². The van der Waals surface area contributed by atoms with Gasteiger partial charge in [0.2, 0.25) is 29.5 Å². The third-order valence-corrected chi connectivity index (χ3v) is 25.6. The highest BCUT2D eigenvalue weighted by atomic mass is 16.8. The molecule has 0 aliphatic carbocycles. The van der Waals surface area contributed by atoms with E-state index >= 15 is 0 Å². The first-order chi connectivity index (χ1) is 67.5. The van der Waals surface area contributed by atoms with Gasteiger partial charge in [0, 0.05) is 41.0 Å². The Morgan fingerprint density at radius 1 is 0.315 bits per heavy atom. The number of aliphatic hydroxyl groups excluding tert-OH is 32. The van der Waals surface area contributed by atoms with Crippen LogP contribution in [0.4, 0.5) is 0 Å². The van der Waals surface area contributed by atoms with Crippen molar-refractivity contribution in [1.29, 1.82) is 0 Å². The Balaban J connectivity index is 0.973. The van der Waals surface area contributed by atoms with Gasteiger partial charge in [-0.15, -0.1) is 0 Å². The molecule has 0 radical (unpaired) electrons. The van der Waals surface area contributed by atoms with Gasteiger partial charge < -0.3 is 290 Å². The van der Waals surface area contributed by atoms with Crippen molar-refractivity contribution in [3.8, 4) is 0 Å². The van der Waals surface area contributed by atoms with E-state index in [1.54, 1.807) is 0 Å². The van der Waals surface area contributed by atoms with E-state index in [0.717, 1.165) is 34.6 Å². The summed E-state index contributed by atoms with van der Waals surface area (Å²) in [4.78, 5) is 77.4. The number of rotatable bonds is 43. The van der Waals surface area contributed by atoms with E-state index in [2.05, 4.69) is 26.6 Å². The number of carbonyl (C=O) groups is 6. The van der Waals surface area contributed by atoms with Crippen LogP contribution in [0.15, 0.2) is 0 Å². The van der Waals surface area contributed by atoms with Crippen molar-refractivity contribution in [3.63, 3.8) is 0 Å². The Morgan fingerprint density at radius 3 is 1.03 bits per heavy atom. The van der Waals surface area contributed by atoms with Crippen molar-refractivity contribution in [2.75, 3.05) is 79.3 Å². The third kappa shape index (κ3) is 27.1. The van der Waals surface area contributed by atoms with Crippen molar-refractivity contribution < 1.29 is 292 Å². The first-order valence-electron chi connectivity index (χ1n) is 45.2. The topological polar surface area (TPSA) is 1010 Å². The van der Waals surface area contributed by atoms with Crippen LogP contribution in [-0.2, 0) is 124 Å². The molecule has 64 heteroatoms. The highest BCUT2D eigenvalue weighted by Crippen LogP contribution is 2.44. The fourth-order valence-electron chi connectivity index (χ4n) is 18.1. The molecular weight excluding hydrogens is 1960 g/mol. The number of aliphatic hydroxyl groups is 32. The first kappa shape index (κ1) is 120. The van der Waals surface area contributed by atoms with Crippen LogP contribution in [0.25, 0.3) is 0 Å². The van der Waals surface area contributed by atoms with Crippen molar-refractivity contribution in [1.82, 2.24) is 26.6 Å². The van der Waals surface area contributed by atoms with Crippen LogP contribution in [-0.4, -0.2) is 620 Å². The molecule has 55 atom stereocenters. The Kier molecular flexibility index (Phi) is 44.0. The number of carbonyl (C=O) groups excluding carboxylic acids is 5. The second-order valence-corrected chi connectivity index (χ2v) is 35.7. The number of ether oxygens (including phenoxy) is 20. The molecule has 10 aliphatic heterocycles. The molecule has 10 heterocycles. The zero-order valence-corrected chi connectivity index (χ0v) is 76.7.